The van der Waals surface area contributed by atoms with Gasteiger partial charge in [-0.2, -0.15) is 0 Å². The van der Waals surface area contributed by atoms with Crippen molar-refractivity contribution < 1.29 is 9.90 Å². The molecule has 1 aromatic rings. The number of nitrogens with one attached hydrogen (secondary N) is 1. The summed E-state index contributed by atoms with van der Waals surface area (Å²) in [5.41, 5.74) is 1.20. The minimum absolute atomic E-state index is 0.115. The molecule has 1 fully saturated rings. The molecule has 0 heterocycles. The summed E-state index contributed by atoms with van der Waals surface area (Å²) in [4.78, 5) is 11.8. The molecule has 3 heteroatoms. The lowest BCUT2D eigenvalue weighted by Crippen LogP contribution is -2.33. The molecule has 2 atom stereocenters. The van der Waals surface area contributed by atoms with Crippen molar-refractivity contribution in [3.63, 3.8) is 0 Å². The highest BCUT2D eigenvalue weighted by Gasteiger charge is 2.20. The molecule has 3 nitrogen and oxygen atoms in total. The second-order valence-corrected chi connectivity index (χ2v) is 5.48. The quantitative estimate of drug-likeness (QED) is 0.854. The van der Waals surface area contributed by atoms with Gasteiger partial charge in [0.2, 0.25) is 5.91 Å². The lowest BCUT2D eigenvalue weighted by atomic mass is 9.87. The third-order valence-corrected chi connectivity index (χ3v) is 3.83. The van der Waals surface area contributed by atoms with Gasteiger partial charge in [-0.05, 0) is 37.2 Å². The highest BCUT2D eigenvalue weighted by molar-refractivity contribution is 5.76. The van der Waals surface area contributed by atoms with Gasteiger partial charge in [0.15, 0.2) is 0 Å². The summed E-state index contributed by atoms with van der Waals surface area (Å²) in [5, 5.41) is 12.6. The zero-order chi connectivity index (χ0) is 13.5. The molecular weight excluding hydrogens is 238 g/mol. The van der Waals surface area contributed by atoms with Gasteiger partial charge in [-0.3, -0.25) is 4.79 Å². The lowest BCUT2D eigenvalue weighted by molar-refractivity contribution is -0.121. The lowest BCUT2D eigenvalue weighted by Gasteiger charge is -2.25. The van der Waals surface area contributed by atoms with Crippen LogP contribution in [-0.4, -0.2) is 23.7 Å². The van der Waals surface area contributed by atoms with Crippen molar-refractivity contribution in [1.82, 2.24) is 5.32 Å². The summed E-state index contributed by atoms with van der Waals surface area (Å²) >= 11 is 0. The monoisotopic (exact) mass is 261 g/mol. The third kappa shape index (κ3) is 5.03. The van der Waals surface area contributed by atoms with Crippen LogP contribution >= 0.6 is 0 Å². The van der Waals surface area contributed by atoms with Crippen molar-refractivity contribution in [3.05, 3.63) is 35.9 Å². The van der Waals surface area contributed by atoms with E-state index in [1.807, 2.05) is 30.3 Å². The average molecular weight is 261 g/mol. The molecule has 1 aliphatic rings. The Hall–Kier alpha value is -1.35. The number of carbonyl (C=O) groups is 1. The molecule has 104 valence electrons. The standard InChI is InChI=1S/C16H23NO2/c18-15-8-4-7-14(11-15)12-17-16(19)10-9-13-5-2-1-3-6-13/h1-3,5-6,14-15,18H,4,7-12H2,(H,17,19). The van der Waals surface area contributed by atoms with Gasteiger partial charge >= 0.3 is 0 Å². The van der Waals surface area contributed by atoms with E-state index >= 15 is 0 Å². The summed E-state index contributed by atoms with van der Waals surface area (Å²) < 4.78 is 0. The van der Waals surface area contributed by atoms with Crippen LogP contribution in [0.25, 0.3) is 0 Å². The summed E-state index contributed by atoms with van der Waals surface area (Å²) in [5.74, 6) is 0.563. The van der Waals surface area contributed by atoms with E-state index in [0.717, 1.165) is 32.1 Å². The first-order chi connectivity index (χ1) is 9.24. The van der Waals surface area contributed by atoms with Gasteiger partial charge in [0.25, 0.3) is 0 Å². The Morgan fingerprint density at radius 2 is 2.05 bits per heavy atom. The molecule has 1 saturated carbocycles. The number of rotatable bonds is 5. The van der Waals surface area contributed by atoms with Crippen molar-refractivity contribution in [1.29, 1.82) is 0 Å². The van der Waals surface area contributed by atoms with E-state index in [-0.39, 0.29) is 12.0 Å². The first kappa shape index (κ1) is 14.1. The Bertz CT molecular complexity index is 391. The number of aliphatic hydroxyl groups excluding tert-OH is 1. The van der Waals surface area contributed by atoms with Crippen LogP contribution in [0.1, 0.15) is 37.7 Å². The van der Waals surface area contributed by atoms with E-state index in [2.05, 4.69) is 5.32 Å². The van der Waals surface area contributed by atoms with Crippen LogP contribution in [0.15, 0.2) is 30.3 Å². The van der Waals surface area contributed by atoms with Gasteiger partial charge in [0.1, 0.15) is 0 Å². The van der Waals surface area contributed by atoms with Gasteiger partial charge in [0, 0.05) is 13.0 Å². The average Bonchev–Trinajstić information content (AvgIpc) is 2.44. The minimum Gasteiger partial charge on any atom is -0.393 e. The second kappa shape index (κ2) is 7.29. The molecule has 2 N–H and O–H groups in total. The fraction of sp³-hybridized carbons (Fsp3) is 0.562. The zero-order valence-corrected chi connectivity index (χ0v) is 11.3. The maximum absolute atomic E-state index is 11.8. The molecule has 0 spiro atoms. The maximum atomic E-state index is 11.8. The molecule has 0 saturated heterocycles. The summed E-state index contributed by atoms with van der Waals surface area (Å²) in [6.07, 6.45) is 5.11. The Balaban J connectivity index is 1.64. The van der Waals surface area contributed by atoms with Gasteiger partial charge in [-0.15, -0.1) is 0 Å². The number of hydrogen-bond acceptors (Lipinski definition) is 2. The second-order valence-electron chi connectivity index (χ2n) is 5.48. The van der Waals surface area contributed by atoms with Crippen LogP contribution in [0, 0.1) is 5.92 Å². The van der Waals surface area contributed by atoms with Crippen molar-refractivity contribution in [2.45, 2.75) is 44.6 Å². The molecule has 0 aromatic heterocycles. The van der Waals surface area contributed by atoms with E-state index in [4.69, 9.17) is 0 Å². The van der Waals surface area contributed by atoms with Crippen LogP contribution in [0.5, 0.6) is 0 Å². The van der Waals surface area contributed by atoms with Gasteiger partial charge < -0.3 is 10.4 Å². The molecule has 2 rings (SSSR count). The fourth-order valence-electron chi connectivity index (χ4n) is 2.70. The highest BCUT2D eigenvalue weighted by Crippen LogP contribution is 2.23. The first-order valence-electron chi connectivity index (χ1n) is 7.22. The van der Waals surface area contributed by atoms with E-state index in [1.54, 1.807) is 0 Å². The number of carbonyl (C=O) groups excluding carboxylic acids is 1. The predicted octanol–water partition coefficient (Wildman–Crippen LogP) is 2.29. The van der Waals surface area contributed by atoms with Crippen LogP contribution in [0.3, 0.4) is 0 Å². The van der Waals surface area contributed by atoms with Crippen molar-refractivity contribution in [2.24, 2.45) is 5.92 Å². The summed E-state index contributed by atoms with van der Waals surface area (Å²) in [6.45, 7) is 0.713. The Labute approximate surface area is 115 Å². The molecule has 2 unspecified atom stereocenters. The number of amides is 1. The molecule has 19 heavy (non-hydrogen) atoms. The number of aryl methyl sites for hydroxylation is 1. The van der Waals surface area contributed by atoms with Gasteiger partial charge in [-0.1, -0.05) is 36.8 Å². The molecule has 0 bridgehead atoms. The Morgan fingerprint density at radius 3 is 2.79 bits per heavy atom. The fourth-order valence-corrected chi connectivity index (χ4v) is 2.70. The van der Waals surface area contributed by atoms with E-state index in [9.17, 15) is 9.90 Å². The van der Waals surface area contributed by atoms with Crippen molar-refractivity contribution >= 4 is 5.91 Å². The SMILES string of the molecule is O=C(CCc1ccccc1)NCC1CCCC(O)C1. The Kier molecular flexibility index (Phi) is 5.40. The topological polar surface area (TPSA) is 49.3 Å². The summed E-state index contributed by atoms with van der Waals surface area (Å²) in [6, 6.07) is 10.1. The van der Waals surface area contributed by atoms with Crippen LogP contribution in [0.2, 0.25) is 0 Å². The van der Waals surface area contributed by atoms with E-state index < -0.39 is 0 Å². The zero-order valence-electron chi connectivity index (χ0n) is 11.3. The number of aliphatic hydroxyl groups is 1. The maximum Gasteiger partial charge on any atom is 0.220 e. The van der Waals surface area contributed by atoms with Crippen LogP contribution in [-0.2, 0) is 11.2 Å². The van der Waals surface area contributed by atoms with Crippen molar-refractivity contribution in [3.8, 4) is 0 Å². The van der Waals surface area contributed by atoms with E-state index in [0.29, 0.717) is 18.9 Å². The molecular formula is C16H23NO2. The van der Waals surface area contributed by atoms with Gasteiger partial charge in [-0.25, -0.2) is 0 Å². The molecule has 0 aliphatic heterocycles. The first-order valence-corrected chi connectivity index (χ1v) is 7.22. The normalized spacial score (nSPS) is 23.0. The molecule has 1 aromatic carbocycles. The van der Waals surface area contributed by atoms with Gasteiger partial charge in [0.05, 0.1) is 6.10 Å². The Morgan fingerprint density at radius 1 is 1.26 bits per heavy atom. The summed E-state index contributed by atoms with van der Waals surface area (Å²) in [7, 11) is 0. The largest absolute Gasteiger partial charge is 0.393 e. The number of benzene rings is 1. The number of hydrogen-bond donors (Lipinski definition) is 2. The smallest absolute Gasteiger partial charge is 0.220 e. The van der Waals surface area contributed by atoms with Crippen LogP contribution < -0.4 is 5.32 Å². The predicted molar refractivity (Wildman–Crippen MR) is 75.7 cm³/mol. The van der Waals surface area contributed by atoms with Crippen LogP contribution in [0.4, 0.5) is 0 Å². The molecule has 0 radical (unpaired) electrons. The third-order valence-electron chi connectivity index (χ3n) is 3.83. The van der Waals surface area contributed by atoms with E-state index in [1.165, 1.54) is 5.56 Å². The minimum atomic E-state index is -0.167. The molecule has 1 aliphatic carbocycles. The van der Waals surface area contributed by atoms with Crippen molar-refractivity contribution in [2.75, 3.05) is 6.54 Å². The molecule has 1 amide bonds. The highest BCUT2D eigenvalue weighted by atomic mass is 16.3.